The second-order valence-corrected chi connectivity index (χ2v) is 11.8. The van der Waals surface area contributed by atoms with Crippen LogP contribution >= 0.6 is 0 Å². The van der Waals surface area contributed by atoms with Gasteiger partial charge < -0.3 is 14.4 Å². The van der Waals surface area contributed by atoms with Crippen LogP contribution < -0.4 is 0 Å². The summed E-state index contributed by atoms with van der Waals surface area (Å²) in [7, 11) is 1.97. The Morgan fingerprint density at radius 2 is 1.74 bits per heavy atom. The van der Waals surface area contributed by atoms with E-state index in [-0.39, 0.29) is 6.04 Å². The van der Waals surface area contributed by atoms with E-state index < -0.39 is 5.60 Å². The Bertz CT molecular complexity index is 1650. The molecule has 1 saturated heterocycles. The highest BCUT2D eigenvalue weighted by molar-refractivity contribution is 6.07. The lowest BCUT2D eigenvalue weighted by atomic mass is 9.86. The molecule has 1 unspecified atom stereocenters. The molecule has 3 aromatic heterocycles. The number of nitrogens with zero attached hydrogens (tertiary/aromatic N) is 5. The molecule has 4 heterocycles. The minimum Gasteiger partial charge on any atom is -0.386 e. The van der Waals surface area contributed by atoms with E-state index in [0.29, 0.717) is 11.8 Å². The molecular formula is C32H35N5O2. The van der Waals surface area contributed by atoms with Crippen LogP contribution in [0.25, 0.3) is 33.2 Å². The average molecular weight is 522 g/mol. The van der Waals surface area contributed by atoms with E-state index in [0.717, 1.165) is 70.5 Å². The van der Waals surface area contributed by atoms with E-state index in [4.69, 9.17) is 9.72 Å². The lowest BCUT2D eigenvalue weighted by molar-refractivity contribution is 0.0552. The molecule has 7 rings (SSSR count). The summed E-state index contributed by atoms with van der Waals surface area (Å²) >= 11 is 0. The SMILES string of the molecule is Cn1nnc(C2CC2)c1-c1cnc2c3ccc(C(C)(C)O)cc3n(C(c3ccccc3)C3CCOCC3)c2c1. The number of pyridine rings is 1. The van der Waals surface area contributed by atoms with Gasteiger partial charge in [0, 0.05) is 43.3 Å². The molecule has 0 bridgehead atoms. The number of rotatable bonds is 6. The minimum absolute atomic E-state index is 0.108. The van der Waals surface area contributed by atoms with Crippen molar-refractivity contribution in [2.45, 2.75) is 57.1 Å². The smallest absolute Gasteiger partial charge is 0.0960 e. The van der Waals surface area contributed by atoms with Crippen molar-refractivity contribution in [1.29, 1.82) is 0 Å². The number of hydrogen-bond acceptors (Lipinski definition) is 5. The van der Waals surface area contributed by atoms with Gasteiger partial charge in [-0.15, -0.1) is 5.10 Å². The maximum Gasteiger partial charge on any atom is 0.0960 e. The van der Waals surface area contributed by atoms with Crippen LogP contribution in [0.3, 0.4) is 0 Å². The Kier molecular flexibility index (Phi) is 5.83. The number of benzene rings is 2. The summed E-state index contributed by atoms with van der Waals surface area (Å²) in [6.07, 6.45) is 6.31. The maximum absolute atomic E-state index is 10.9. The molecule has 200 valence electrons. The topological polar surface area (TPSA) is 78.0 Å². The summed E-state index contributed by atoms with van der Waals surface area (Å²) in [5.74, 6) is 0.902. The first-order chi connectivity index (χ1) is 18.9. The van der Waals surface area contributed by atoms with E-state index in [1.54, 1.807) is 0 Å². The summed E-state index contributed by atoms with van der Waals surface area (Å²) in [6, 6.07) is 19.5. The van der Waals surface area contributed by atoms with Crippen LogP contribution in [0.4, 0.5) is 0 Å². The van der Waals surface area contributed by atoms with Crippen LogP contribution in [0, 0.1) is 5.92 Å². The van der Waals surface area contributed by atoms with Gasteiger partial charge >= 0.3 is 0 Å². The van der Waals surface area contributed by atoms with E-state index in [2.05, 4.69) is 63.4 Å². The third-order valence-electron chi connectivity index (χ3n) is 8.57. The molecule has 2 aliphatic rings. The van der Waals surface area contributed by atoms with Crippen LogP contribution in [-0.4, -0.2) is 42.9 Å². The minimum atomic E-state index is -0.950. The van der Waals surface area contributed by atoms with Crippen molar-refractivity contribution in [3.63, 3.8) is 0 Å². The molecule has 1 aliphatic carbocycles. The Morgan fingerprint density at radius 3 is 2.46 bits per heavy atom. The molecule has 0 radical (unpaired) electrons. The summed E-state index contributed by atoms with van der Waals surface area (Å²) in [4.78, 5) is 5.08. The Labute approximate surface area is 228 Å². The lowest BCUT2D eigenvalue weighted by Crippen LogP contribution is -2.27. The molecule has 2 fully saturated rings. The van der Waals surface area contributed by atoms with Crippen molar-refractivity contribution in [2.24, 2.45) is 13.0 Å². The lowest BCUT2D eigenvalue weighted by Gasteiger charge is -2.33. The zero-order valence-electron chi connectivity index (χ0n) is 22.8. The molecule has 0 spiro atoms. The summed E-state index contributed by atoms with van der Waals surface area (Å²) in [5, 5.41) is 21.0. The Morgan fingerprint density at radius 1 is 0.974 bits per heavy atom. The quantitative estimate of drug-likeness (QED) is 0.292. The van der Waals surface area contributed by atoms with Crippen molar-refractivity contribution in [3.05, 3.63) is 77.6 Å². The highest BCUT2D eigenvalue weighted by Crippen LogP contribution is 2.45. The van der Waals surface area contributed by atoms with Crippen molar-refractivity contribution >= 4 is 21.9 Å². The van der Waals surface area contributed by atoms with Crippen LogP contribution in [0.15, 0.2) is 60.8 Å². The monoisotopic (exact) mass is 521 g/mol. The van der Waals surface area contributed by atoms with Crippen molar-refractivity contribution in [1.82, 2.24) is 24.5 Å². The molecule has 7 heteroatoms. The van der Waals surface area contributed by atoms with E-state index in [1.165, 1.54) is 18.4 Å². The van der Waals surface area contributed by atoms with Gasteiger partial charge in [-0.3, -0.25) is 4.98 Å². The first-order valence-electron chi connectivity index (χ1n) is 14.1. The molecule has 1 aliphatic heterocycles. The van der Waals surface area contributed by atoms with E-state index in [9.17, 15) is 5.11 Å². The number of aliphatic hydroxyl groups is 1. The average Bonchev–Trinajstić information content (AvgIpc) is 3.65. The molecule has 1 N–H and O–H groups in total. The van der Waals surface area contributed by atoms with Gasteiger partial charge in [-0.25, -0.2) is 4.68 Å². The van der Waals surface area contributed by atoms with Gasteiger partial charge in [0.05, 0.1) is 39.6 Å². The number of aromatic nitrogens is 5. The number of hydrogen-bond donors (Lipinski definition) is 1. The van der Waals surface area contributed by atoms with Gasteiger partial charge in [0.15, 0.2) is 0 Å². The van der Waals surface area contributed by atoms with E-state index in [1.807, 2.05) is 37.8 Å². The predicted octanol–water partition coefficient (Wildman–Crippen LogP) is 6.11. The van der Waals surface area contributed by atoms with Crippen molar-refractivity contribution in [3.8, 4) is 11.3 Å². The molecular weight excluding hydrogens is 486 g/mol. The van der Waals surface area contributed by atoms with Gasteiger partial charge in [-0.2, -0.15) is 0 Å². The van der Waals surface area contributed by atoms with Crippen LogP contribution in [0.1, 0.15) is 68.3 Å². The first kappa shape index (κ1) is 24.5. The largest absolute Gasteiger partial charge is 0.386 e. The zero-order valence-corrected chi connectivity index (χ0v) is 22.8. The predicted molar refractivity (Wildman–Crippen MR) is 153 cm³/mol. The Hall–Kier alpha value is -3.55. The van der Waals surface area contributed by atoms with E-state index >= 15 is 0 Å². The fraction of sp³-hybridized carbons (Fsp3) is 0.406. The summed E-state index contributed by atoms with van der Waals surface area (Å²) in [5.41, 5.74) is 7.58. The zero-order chi connectivity index (χ0) is 26.7. The third-order valence-corrected chi connectivity index (χ3v) is 8.57. The molecule has 2 aromatic carbocycles. The number of fused-ring (bicyclic) bond motifs is 3. The molecule has 7 nitrogen and oxygen atoms in total. The first-order valence-corrected chi connectivity index (χ1v) is 14.1. The second kappa shape index (κ2) is 9.28. The van der Waals surface area contributed by atoms with Gasteiger partial charge in [0.1, 0.15) is 0 Å². The molecule has 1 saturated carbocycles. The van der Waals surface area contributed by atoms with Gasteiger partial charge in [0.2, 0.25) is 0 Å². The van der Waals surface area contributed by atoms with Gasteiger partial charge in [0.25, 0.3) is 0 Å². The third kappa shape index (κ3) is 4.24. The summed E-state index contributed by atoms with van der Waals surface area (Å²) < 4.78 is 10.2. The molecule has 5 aromatic rings. The highest BCUT2D eigenvalue weighted by atomic mass is 16.5. The molecule has 39 heavy (non-hydrogen) atoms. The highest BCUT2D eigenvalue weighted by Gasteiger charge is 2.33. The normalized spacial score (nSPS) is 17.7. The second-order valence-electron chi connectivity index (χ2n) is 11.8. The fourth-order valence-corrected chi connectivity index (χ4v) is 6.37. The number of aryl methyl sites for hydroxylation is 1. The van der Waals surface area contributed by atoms with Crippen LogP contribution in [0.5, 0.6) is 0 Å². The van der Waals surface area contributed by atoms with Crippen LogP contribution in [0.2, 0.25) is 0 Å². The number of ether oxygens (including phenoxy) is 1. The molecule has 1 atom stereocenters. The maximum atomic E-state index is 10.9. The Balaban J connectivity index is 1.53. The fourth-order valence-electron chi connectivity index (χ4n) is 6.37. The van der Waals surface area contributed by atoms with Gasteiger partial charge in [-0.05, 0) is 68.7 Å². The van der Waals surface area contributed by atoms with Crippen LogP contribution in [-0.2, 0) is 17.4 Å². The van der Waals surface area contributed by atoms with Crippen molar-refractivity contribution in [2.75, 3.05) is 13.2 Å². The summed E-state index contributed by atoms with van der Waals surface area (Å²) in [6.45, 7) is 5.24. The van der Waals surface area contributed by atoms with Gasteiger partial charge in [-0.1, -0.05) is 47.7 Å². The standard InChI is InChI=1S/C32H35N5O2/c1-32(2,38)24-11-12-25-26(18-24)37(30(21-7-5-4-6-8-21)22-13-15-39-16-14-22)27-17-23(19-33-29(25)27)31-28(20-9-10-20)34-35-36(31)3/h4-8,11-12,17-20,22,30,38H,9-10,13-16H2,1-3H3. The molecule has 0 amide bonds. The van der Waals surface area contributed by atoms with Crippen molar-refractivity contribution < 1.29 is 9.84 Å².